The monoisotopic (exact) mass is 626 g/mol. The van der Waals surface area contributed by atoms with Crippen LogP contribution in [0.4, 0.5) is 16.3 Å². The molecule has 12 heteroatoms. The molecule has 0 saturated carbocycles. The number of para-hydroxylation sites is 1. The van der Waals surface area contributed by atoms with Crippen LogP contribution in [0.15, 0.2) is 79.1 Å². The summed E-state index contributed by atoms with van der Waals surface area (Å²) >= 11 is 1.07. The molecule has 5 rings (SSSR count). The molecule has 4 N–H and O–H groups in total. The van der Waals surface area contributed by atoms with Gasteiger partial charge in [0.25, 0.3) is 17.7 Å². The quantitative estimate of drug-likeness (QED) is 0.119. The van der Waals surface area contributed by atoms with Crippen LogP contribution in [0.1, 0.15) is 76.0 Å². The maximum Gasteiger partial charge on any atom is 0.436 e. The normalized spacial score (nSPS) is 11.3. The number of unbranched alkanes of at least 4 members (excludes halogenated alkanes) is 2. The fraction of sp³-hybridized carbons (Fsp3) is 0.242. The maximum absolute atomic E-state index is 13.5. The number of nitrogens with zero attached hydrogens (tertiary/aromatic N) is 2. The Morgan fingerprint density at radius 1 is 0.933 bits per heavy atom. The first kappa shape index (κ1) is 31.2. The second-order valence-electron chi connectivity index (χ2n) is 10.9. The number of H-pyrrole nitrogens is 1. The van der Waals surface area contributed by atoms with E-state index < -0.39 is 17.5 Å². The number of aromatic amines is 1. The molecular formula is C33H34N6O5S. The topological polar surface area (TPSA) is 147 Å². The summed E-state index contributed by atoms with van der Waals surface area (Å²) < 4.78 is 6.52. The van der Waals surface area contributed by atoms with Gasteiger partial charge in [0.1, 0.15) is 4.83 Å². The van der Waals surface area contributed by atoms with Gasteiger partial charge in [0.05, 0.1) is 39.2 Å². The molecule has 0 unspecified atom stereocenters. The molecule has 0 aliphatic rings. The number of fused-ring (bicyclic) bond motifs is 1. The summed E-state index contributed by atoms with van der Waals surface area (Å²) in [6.45, 7) is 6.07. The van der Waals surface area contributed by atoms with Crippen molar-refractivity contribution in [2.75, 3.05) is 17.2 Å². The number of ether oxygens (including phenoxy) is 1. The zero-order valence-electron chi connectivity index (χ0n) is 25.2. The van der Waals surface area contributed by atoms with Gasteiger partial charge in [0.2, 0.25) is 0 Å². The molecule has 5 aromatic rings. The summed E-state index contributed by atoms with van der Waals surface area (Å²) in [5.74, 6) is -1.22. The van der Waals surface area contributed by atoms with Gasteiger partial charge < -0.3 is 25.7 Å². The molecular weight excluding hydrogens is 592 g/mol. The maximum atomic E-state index is 13.5. The first-order chi connectivity index (χ1) is 21.7. The van der Waals surface area contributed by atoms with Crippen LogP contribution in [0.3, 0.4) is 0 Å². The average molecular weight is 627 g/mol. The summed E-state index contributed by atoms with van der Waals surface area (Å²) in [5.41, 5.74) is 1.13. The predicted octanol–water partition coefficient (Wildman–Crippen LogP) is 6.77. The number of aromatic nitrogens is 3. The summed E-state index contributed by atoms with van der Waals surface area (Å²) in [7, 11) is 0. The van der Waals surface area contributed by atoms with Crippen molar-refractivity contribution in [2.45, 2.75) is 45.6 Å². The molecule has 3 heterocycles. The Kier molecular flexibility index (Phi) is 9.43. The van der Waals surface area contributed by atoms with Crippen molar-refractivity contribution in [3.8, 4) is 0 Å². The number of carbonyl (C=O) groups excluding carboxylic acids is 4. The van der Waals surface area contributed by atoms with E-state index in [1.165, 1.54) is 0 Å². The van der Waals surface area contributed by atoms with Crippen molar-refractivity contribution in [1.29, 1.82) is 0 Å². The number of rotatable bonds is 11. The van der Waals surface area contributed by atoms with Crippen molar-refractivity contribution >= 4 is 56.9 Å². The molecule has 0 saturated heterocycles. The van der Waals surface area contributed by atoms with Gasteiger partial charge in [0.15, 0.2) is 5.82 Å². The molecule has 0 bridgehead atoms. The minimum absolute atomic E-state index is 0.0740. The molecule has 232 valence electrons. The molecule has 2 aromatic carbocycles. The van der Waals surface area contributed by atoms with Crippen LogP contribution >= 0.6 is 11.3 Å². The van der Waals surface area contributed by atoms with E-state index in [1.54, 1.807) is 48.8 Å². The van der Waals surface area contributed by atoms with Crippen LogP contribution in [0.2, 0.25) is 0 Å². The standard InChI is InChI=1S/C33H34N6O5S/c1-4-5-11-18-44-32(43)39-31-24(19-26(45-31)30(42)37-33(2,3)22-12-7-6-8-13-22)27(38-39)36-29(41)23-14-9-10-15-25(23)35-28(40)21-16-17-34-20-21/h6-10,12-17,19-20,34H,4-5,11,18H2,1-3H3,(H,35,40)(H,37,42)(H,36,38,41). The molecule has 0 spiro atoms. The van der Waals surface area contributed by atoms with Crippen molar-refractivity contribution in [2.24, 2.45) is 0 Å². The highest BCUT2D eigenvalue weighted by Crippen LogP contribution is 2.33. The van der Waals surface area contributed by atoms with Gasteiger partial charge in [-0.2, -0.15) is 4.68 Å². The van der Waals surface area contributed by atoms with Crippen molar-refractivity contribution < 1.29 is 23.9 Å². The number of anilines is 2. The smallest absolute Gasteiger partial charge is 0.436 e. The average Bonchev–Trinajstić information content (AvgIpc) is 3.79. The zero-order valence-corrected chi connectivity index (χ0v) is 26.0. The molecule has 3 amide bonds. The Hall–Kier alpha value is -5.23. The number of benzene rings is 2. The van der Waals surface area contributed by atoms with Gasteiger partial charge in [-0.15, -0.1) is 16.4 Å². The Bertz CT molecular complexity index is 1820. The van der Waals surface area contributed by atoms with Gasteiger partial charge in [-0.3, -0.25) is 14.4 Å². The van der Waals surface area contributed by atoms with Gasteiger partial charge in [-0.05, 0) is 50.1 Å². The molecule has 45 heavy (non-hydrogen) atoms. The van der Waals surface area contributed by atoms with Crippen LogP contribution < -0.4 is 16.0 Å². The Labute approximate surface area is 264 Å². The lowest BCUT2D eigenvalue weighted by molar-refractivity contribution is 0.0915. The highest BCUT2D eigenvalue weighted by Gasteiger charge is 2.28. The summed E-state index contributed by atoms with van der Waals surface area (Å²) in [5, 5.41) is 13.3. The first-order valence-electron chi connectivity index (χ1n) is 14.6. The largest absolute Gasteiger partial charge is 0.448 e. The molecule has 3 aromatic heterocycles. The van der Waals surface area contributed by atoms with Gasteiger partial charge in [-0.25, -0.2) is 4.79 Å². The van der Waals surface area contributed by atoms with Crippen LogP contribution in [0.25, 0.3) is 10.2 Å². The molecule has 0 aliphatic carbocycles. The van der Waals surface area contributed by atoms with Crippen LogP contribution in [0.5, 0.6) is 0 Å². The van der Waals surface area contributed by atoms with E-state index in [2.05, 4.69) is 33.0 Å². The number of hydrogen-bond donors (Lipinski definition) is 4. The van der Waals surface area contributed by atoms with Crippen LogP contribution in [0, 0.1) is 0 Å². The predicted molar refractivity (Wildman–Crippen MR) is 174 cm³/mol. The Morgan fingerprint density at radius 3 is 2.42 bits per heavy atom. The van der Waals surface area contributed by atoms with E-state index in [4.69, 9.17) is 4.74 Å². The third-order valence-electron chi connectivity index (χ3n) is 7.16. The van der Waals surface area contributed by atoms with E-state index in [9.17, 15) is 19.2 Å². The second kappa shape index (κ2) is 13.6. The van der Waals surface area contributed by atoms with Gasteiger partial charge in [-0.1, -0.05) is 62.2 Å². The lowest BCUT2D eigenvalue weighted by Crippen LogP contribution is -2.40. The molecule has 0 atom stereocenters. The van der Waals surface area contributed by atoms with Crippen LogP contribution in [-0.4, -0.2) is 45.2 Å². The first-order valence-corrected chi connectivity index (χ1v) is 15.4. The summed E-state index contributed by atoms with van der Waals surface area (Å²) in [6.07, 6.45) is 5.04. The summed E-state index contributed by atoms with van der Waals surface area (Å²) in [6, 6.07) is 19.4. The third-order valence-corrected chi connectivity index (χ3v) is 8.27. The highest BCUT2D eigenvalue weighted by atomic mass is 32.1. The van der Waals surface area contributed by atoms with Crippen LogP contribution in [-0.2, 0) is 10.3 Å². The number of thiophene rings is 1. The highest BCUT2D eigenvalue weighted by molar-refractivity contribution is 7.20. The fourth-order valence-electron chi connectivity index (χ4n) is 4.71. The second-order valence-corrected chi connectivity index (χ2v) is 11.9. The third kappa shape index (κ3) is 7.13. The minimum atomic E-state index is -0.714. The SMILES string of the molecule is CCCCCOC(=O)n1nc(NC(=O)c2ccccc2NC(=O)c2cc[nH]c2)c2cc(C(=O)NC(C)(C)c3ccccc3)sc21. The van der Waals surface area contributed by atoms with Crippen molar-refractivity contribution in [1.82, 2.24) is 20.1 Å². The van der Waals surface area contributed by atoms with Gasteiger partial charge >= 0.3 is 6.09 Å². The van der Waals surface area contributed by atoms with E-state index >= 15 is 0 Å². The lowest BCUT2D eigenvalue weighted by Gasteiger charge is -2.26. The number of amides is 3. The number of carbonyl (C=O) groups is 4. The van der Waals surface area contributed by atoms with Crippen molar-refractivity contribution in [3.05, 3.63) is 101 Å². The zero-order chi connectivity index (χ0) is 32.0. The fourth-order valence-corrected chi connectivity index (χ4v) is 5.70. The Morgan fingerprint density at radius 2 is 1.69 bits per heavy atom. The lowest BCUT2D eigenvalue weighted by atomic mass is 9.94. The van der Waals surface area contributed by atoms with E-state index in [1.807, 2.05) is 44.2 Å². The van der Waals surface area contributed by atoms with E-state index in [-0.39, 0.29) is 29.8 Å². The molecule has 11 nitrogen and oxygen atoms in total. The van der Waals surface area contributed by atoms with Crippen molar-refractivity contribution in [3.63, 3.8) is 0 Å². The molecule has 0 aliphatic heterocycles. The Balaban J connectivity index is 1.44. The molecule has 0 radical (unpaired) electrons. The van der Waals surface area contributed by atoms with E-state index in [0.29, 0.717) is 32.8 Å². The number of hydrogen-bond acceptors (Lipinski definition) is 7. The van der Waals surface area contributed by atoms with E-state index in [0.717, 1.165) is 34.4 Å². The number of nitrogens with one attached hydrogen (secondary N) is 4. The van der Waals surface area contributed by atoms with Gasteiger partial charge in [0, 0.05) is 12.4 Å². The molecule has 0 fully saturated rings. The minimum Gasteiger partial charge on any atom is -0.448 e. The summed E-state index contributed by atoms with van der Waals surface area (Å²) in [4.78, 5) is 56.3.